The molecule has 8 heteroatoms. The van der Waals surface area contributed by atoms with Crippen molar-refractivity contribution in [2.45, 2.75) is 12.8 Å². The second-order valence-electron chi connectivity index (χ2n) is 5.83. The Balaban J connectivity index is 1.94. The molecule has 0 spiro atoms. The fourth-order valence-electron chi connectivity index (χ4n) is 2.58. The maximum atomic E-state index is 12.2. The van der Waals surface area contributed by atoms with Gasteiger partial charge in [-0.15, -0.1) is 0 Å². The van der Waals surface area contributed by atoms with Gasteiger partial charge in [-0.05, 0) is 29.8 Å². The summed E-state index contributed by atoms with van der Waals surface area (Å²) in [5.74, 6) is -0.671. The molecule has 0 atom stereocenters. The Hall–Kier alpha value is -3.13. The topological polar surface area (TPSA) is 70.1 Å². The lowest BCUT2D eigenvalue weighted by Gasteiger charge is -2.10. The van der Waals surface area contributed by atoms with Gasteiger partial charge in [0, 0.05) is 5.56 Å². The molecule has 1 aromatic heterocycles. The van der Waals surface area contributed by atoms with Crippen molar-refractivity contribution >= 4 is 5.91 Å². The third-order valence-electron chi connectivity index (χ3n) is 3.72. The summed E-state index contributed by atoms with van der Waals surface area (Å²) in [5.41, 5.74) is 7.99. The summed E-state index contributed by atoms with van der Waals surface area (Å²) in [5, 5.41) is 4.24. The van der Waals surface area contributed by atoms with E-state index in [9.17, 15) is 18.0 Å². The monoisotopic (exact) mass is 375 g/mol. The van der Waals surface area contributed by atoms with E-state index in [-0.39, 0.29) is 12.3 Å². The van der Waals surface area contributed by atoms with Crippen molar-refractivity contribution in [3.8, 4) is 16.9 Å². The Morgan fingerprint density at radius 3 is 2.48 bits per heavy atom. The van der Waals surface area contributed by atoms with E-state index in [1.54, 1.807) is 35.0 Å². The molecule has 3 aromatic rings. The van der Waals surface area contributed by atoms with Gasteiger partial charge in [-0.1, -0.05) is 36.4 Å². The van der Waals surface area contributed by atoms with Crippen molar-refractivity contribution < 1.29 is 22.7 Å². The summed E-state index contributed by atoms with van der Waals surface area (Å²) in [6.45, 7) is -1.50. The highest BCUT2D eigenvalue weighted by Gasteiger charge is 2.27. The van der Waals surface area contributed by atoms with Crippen molar-refractivity contribution in [3.05, 3.63) is 71.9 Å². The first-order valence-corrected chi connectivity index (χ1v) is 8.02. The number of carbonyl (C=O) groups is 1. The number of hydrogen-bond acceptors (Lipinski definition) is 3. The number of carbonyl (C=O) groups excluding carboxylic acids is 1. The van der Waals surface area contributed by atoms with Crippen molar-refractivity contribution in [1.29, 1.82) is 0 Å². The van der Waals surface area contributed by atoms with Gasteiger partial charge in [-0.2, -0.15) is 18.3 Å². The molecule has 0 radical (unpaired) electrons. The maximum absolute atomic E-state index is 12.2. The minimum atomic E-state index is -4.38. The van der Waals surface area contributed by atoms with E-state index in [0.29, 0.717) is 16.8 Å². The zero-order valence-corrected chi connectivity index (χ0v) is 14.1. The molecule has 5 nitrogen and oxygen atoms in total. The number of amides is 1. The van der Waals surface area contributed by atoms with E-state index in [1.807, 2.05) is 30.3 Å². The van der Waals surface area contributed by atoms with Crippen molar-refractivity contribution in [2.75, 3.05) is 6.61 Å². The van der Waals surface area contributed by atoms with E-state index in [2.05, 4.69) is 5.10 Å². The van der Waals surface area contributed by atoms with Gasteiger partial charge >= 0.3 is 6.18 Å². The molecule has 0 saturated carbocycles. The summed E-state index contributed by atoms with van der Waals surface area (Å²) < 4.78 is 43.0. The molecule has 2 aromatic carbocycles. The van der Waals surface area contributed by atoms with Crippen LogP contribution in [0.3, 0.4) is 0 Å². The number of primary amides is 1. The molecular weight excluding hydrogens is 359 g/mol. The van der Waals surface area contributed by atoms with Crippen LogP contribution >= 0.6 is 0 Å². The third-order valence-corrected chi connectivity index (χ3v) is 3.72. The first kappa shape index (κ1) is 18.7. The lowest BCUT2D eigenvalue weighted by Crippen LogP contribution is -2.16. The molecule has 1 amide bonds. The van der Waals surface area contributed by atoms with Gasteiger partial charge < -0.3 is 10.5 Å². The van der Waals surface area contributed by atoms with Gasteiger partial charge in [0.25, 0.3) is 5.91 Å². The zero-order valence-electron chi connectivity index (χ0n) is 14.1. The van der Waals surface area contributed by atoms with Crippen LogP contribution in [-0.4, -0.2) is 28.5 Å². The minimum absolute atomic E-state index is 0.0903. The zero-order chi connectivity index (χ0) is 19.4. The largest absolute Gasteiger partial charge is 0.411 e. The molecule has 3 rings (SSSR count). The highest BCUT2D eigenvalue weighted by molar-refractivity contribution is 5.92. The summed E-state index contributed by atoms with van der Waals surface area (Å²) in [4.78, 5) is 11.6. The lowest BCUT2D eigenvalue weighted by molar-refractivity contribution is -0.176. The molecule has 27 heavy (non-hydrogen) atoms. The number of halogens is 3. The number of nitrogens with zero attached hydrogens (tertiary/aromatic N) is 2. The van der Waals surface area contributed by atoms with Crippen LogP contribution in [0.2, 0.25) is 0 Å². The van der Waals surface area contributed by atoms with Crippen LogP contribution in [0, 0.1) is 0 Å². The maximum Gasteiger partial charge on any atom is 0.411 e. The van der Waals surface area contributed by atoms with Gasteiger partial charge in [0.2, 0.25) is 0 Å². The Morgan fingerprint density at radius 1 is 1.07 bits per heavy atom. The van der Waals surface area contributed by atoms with Gasteiger partial charge in [-0.3, -0.25) is 4.79 Å². The molecule has 0 aliphatic heterocycles. The van der Waals surface area contributed by atoms with Crippen LogP contribution in [0.25, 0.3) is 16.9 Å². The lowest BCUT2D eigenvalue weighted by atomic mass is 10.1. The predicted octanol–water partition coefficient (Wildman–Crippen LogP) is 3.72. The number of aromatic nitrogens is 2. The Kier molecular flexibility index (Phi) is 5.27. The van der Waals surface area contributed by atoms with Gasteiger partial charge in [-0.25, -0.2) is 4.68 Å². The standard InChI is InChI=1S/C19H16F3N3O2/c20-19(21,22)12-27-11-13-5-4-6-14(9-13)17-10-16(18(23)26)24-25(17)15-7-2-1-3-8-15/h1-10H,11-12H2,(H2,23,26). The molecule has 140 valence electrons. The van der Waals surface area contributed by atoms with Crippen molar-refractivity contribution in [1.82, 2.24) is 9.78 Å². The number of para-hydroxylation sites is 1. The highest BCUT2D eigenvalue weighted by atomic mass is 19.4. The third kappa shape index (κ3) is 4.73. The van der Waals surface area contributed by atoms with E-state index < -0.39 is 18.7 Å². The highest BCUT2D eigenvalue weighted by Crippen LogP contribution is 2.25. The second kappa shape index (κ2) is 7.63. The second-order valence-corrected chi connectivity index (χ2v) is 5.83. The van der Waals surface area contributed by atoms with E-state index in [1.165, 1.54) is 0 Å². The molecular formula is C19H16F3N3O2. The van der Waals surface area contributed by atoms with Crippen LogP contribution in [0.5, 0.6) is 0 Å². The van der Waals surface area contributed by atoms with Crippen LogP contribution in [0.15, 0.2) is 60.7 Å². The SMILES string of the molecule is NC(=O)c1cc(-c2cccc(COCC(F)(F)F)c2)n(-c2ccccc2)n1. The van der Waals surface area contributed by atoms with Gasteiger partial charge in [0.05, 0.1) is 18.0 Å². The van der Waals surface area contributed by atoms with Crippen LogP contribution in [-0.2, 0) is 11.3 Å². The Morgan fingerprint density at radius 2 is 1.81 bits per heavy atom. The molecule has 2 N–H and O–H groups in total. The summed E-state index contributed by atoms with van der Waals surface area (Å²) in [7, 11) is 0. The molecule has 0 unspecified atom stereocenters. The molecule has 0 bridgehead atoms. The van der Waals surface area contributed by atoms with Crippen molar-refractivity contribution in [3.63, 3.8) is 0 Å². The smallest absolute Gasteiger partial charge is 0.367 e. The minimum Gasteiger partial charge on any atom is -0.367 e. The molecule has 0 saturated heterocycles. The number of hydrogen-bond donors (Lipinski definition) is 1. The number of rotatable bonds is 6. The fraction of sp³-hybridized carbons (Fsp3) is 0.158. The van der Waals surface area contributed by atoms with Crippen molar-refractivity contribution in [2.24, 2.45) is 5.73 Å². The quantitative estimate of drug-likeness (QED) is 0.714. The summed E-state index contributed by atoms with van der Waals surface area (Å²) >= 11 is 0. The Labute approximate surface area is 153 Å². The normalized spacial score (nSPS) is 11.5. The van der Waals surface area contributed by atoms with Gasteiger partial charge in [0.15, 0.2) is 5.69 Å². The van der Waals surface area contributed by atoms with Gasteiger partial charge in [0.1, 0.15) is 6.61 Å². The average Bonchev–Trinajstić information content (AvgIpc) is 3.07. The molecule has 1 heterocycles. The van der Waals surface area contributed by atoms with E-state index >= 15 is 0 Å². The predicted molar refractivity (Wildman–Crippen MR) is 93.2 cm³/mol. The summed E-state index contributed by atoms with van der Waals surface area (Å²) in [6, 6.07) is 17.5. The van der Waals surface area contributed by atoms with Crippen LogP contribution < -0.4 is 5.73 Å². The fourth-order valence-corrected chi connectivity index (χ4v) is 2.58. The van der Waals surface area contributed by atoms with E-state index in [4.69, 9.17) is 10.5 Å². The van der Waals surface area contributed by atoms with Crippen LogP contribution in [0.1, 0.15) is 16.1 Å². The Bertz CT molecular complexity index is 937. The average molecular weight is 375 g/mol. The number of ether oxygens (including phenoxy) is 1. The number of nitrogens with two attached hydrogens (primary N) is 1. The van der Waals surface area contributed by atoms with Crippen LogP contribution in [0.4, 0.5) is 13.2 Å². The first-order chi connectivity index (χ1) is 12.8. The molecule has 0 fully saturated rings. The molecule has 0 aliphatic rings. The summed E-state index contributed by atoms with van der Waals surface area (Å²) in [6.07, 6.45) is -4.38. The first-order valence-electron chi connectivity index (χ1n) is 8.02. The number of alkyl halides is 3. The molecule has 0 aliphatic carbocycles. The number of benzene rings is 2. The van der Waals surface area contributed by atoms with E-state index in [0.717, 1.165) is 5.69 Å².